The number of imide groups is 1. The van der Waals surface area contributed by atoms with Gasteiger partial charge in [-0.25, -0.2) is 4.39 Å². The zero-order valence-electron chi connectivity index (χ0n) is 14.8. The minimum atomic E-state index is -4.67. The average molecular weight is 406 g/mol. The molecule has 1 fully saturated rings. The van der Waals surface area contributed by atoms with Crippen molar-refractivity contribution in [3.05, 3.63) is 65.6 Å². The van der Waals surface area contributed by atoms with E-state index in [1.807, 2.05) is 0 Å². The molecule has 1 unspecified atom stereocenters. The van der Waals surface area contributed by atoms with E-state index in [0.717, 1.165) is 12.1 Å². The highest BCUT2D eigenvalue weighted by molar-refractivity contribution is 6.33. The third kappa shape index (κ3) is 4.03. The lowest BCUT2D eigenvalue weighted by Gasteiger charge is -2.20. The highest BCUT2D eigenvalue weighted by Gasteiger charge is 2.37. The van der Waals surface area contributed by atoms with Crippen LogP contribution < -0.4 is 5.32 Å². The molecular formula is C20H14F4N2O3. The van der Waals surface area contributed by atoms with Gasteiger partial charge in [0.25, 0.3) is 5.91 Å². The molecule has 1 aromatic heterocycles. The number of hydrogen-bond donors (Lipinski definition) is 2. The van der Waals surface area contributed by atoms with Gasteiger partial charge in [-0.1, -0.05) is 6.08 Å². The van der Waals surface area contributed by atoms with Gasteiger partial charge < -0.3 is 4.98 Å². The monoisotopic (exact) mass is 406 g/mol. The fourth-order valence-corrected chi connectivity index (χ4v) is 2.92. The first-order valence-corrected chi connectivity index (χ1v) is 8.40. The first-order valence-electron chi connectivity index (χ1n) is 8.40. The lowest BCUT2D eigenvalue weighted by atomic mass is 9.89. The number of rotatable bonds is 4. The van der Waals surface area contributed by atoms with Crippen LogP contribution in [0.3, 0.4) is 0 Å². The first kappa shape index (κ1) is 20.2. The Kier molecular flexibility index (Phi) is 5.23. The van der Waals surface area contributed by atoms with Crippen molar-refractivity contribution in [2.24, 2.45) is 5.92 Å². The molecule has 5 nitrogen and oxygen atoms in total. The smallest absolute Gasteiger partial charge is 0.355 e. The normalized spacial score (nSPS) is 18.8. The fraction of sp³-hybridized carbons (Fsp3) is 0.150. The van der Waals surface area contributed by atoms with E-state index in [0.29, 0.717) is 6.07 Å². The summed E-state index contributed by atoms with van der Waals surface area (Å²) in [5.74, 6) is -4.40. The highest BCUT2D eigenvalue weighted by Crippen LogP contribution is 2.32. The van der Waals surface area contributed by atoms with Gasteiger partial charge >= 0.3 is 6.18 Å². The lowest BCUT2D eigenvalue weighted by molar-refractivity contribution is -0.140. The van der Waals surface area contributed by atoms with Gasteiger partial charge in [0.2, 0.25) is 5.91 Å². The minimum absolute atomic E-state index is 0.0576. The molecule has 0 saturated carbocycles. The summed E-state index contributed by atoms with van der Waals surface area (Å²) >= 11 is 0. The molecule has 0 aliphatic carbocycles. The van der Waals surface area contributed by atoms with Crippen molar-refractivity contribution in [1.29, 1.82) is 0 Å². The van der Waals surface area contributed by atoms with Crippen LogP contribution in [0.15, 0.2) is 48.6 Å². The number of piperidine rings is 1. The Balaban J connectivity index is 1.92. The molecule has 1 atom stereocenters. The van der Waals surface area contributed by atoms with Crippen LogP contribution in [0.5, 0.6) is 0 Å². The van der Waals surface area contributed by atoms with Crippen LogP contribution in [0.25, 0.3) is 17.3 Å². The molecule has 1 saturated heterocycles. The van der Waals surface area contributed by atoms with E-state index in [9.17, 15) is 31.9 Å². The van der Waals surface area contributed by atoms with E-state index < -0.39 is 41.1 Å². The van der Waals surface area contributed by atoms with E-state index in [-0.39, 0.29) is 28.9 Å². The first-order chi connectivity index (χ1) is 13.6. The molecule has 1 aliphatic rings. The molecule has 0 bridgehead atoms. The molecule has 1 aromatic carbocycles. The van der Waals surface area contributed by atoms with Gasteiger partial charge in [0.05, 0.1) is 11.1 Å². The number of ketones is 1. The van der Waals surface area contributed by atoms with Crippen molar-refractivity contribution >= 4 is 23.7 Å². The SMILES string of the molecule is C=CCC1C(=O)NC(=O)C(=Cc2ccc(-c3ccc(C(F)(F)F)cc3F)[nH]2)C1=O. The van der Waals surface area contributed by atoms with Crippen molar-refractivity contribution in [1.82, 2.24) is 10.3 Å². The van der Waals surface area contributed by atoms with Crippen molar-refractivity contribution in [3.63, 3.8) is 0 Å². The minimum Gasteiger partial charge on any atom is -0.355 e. The van der Waals surface area contributed by atoms with Crippen molar-refractivity contribution in [2.75, 3.05) is 0 Å². The summed E-state index contributed by atoms with van der Waals surface area (Å²) < 4.78 is 52.2. The van der Waals surface area contributed by atoms with E-state index in [1.54, 1.807) is 0 Å². The van der Waals surface area contributed by atoms with E-state index in [2.05, 4.69) is 16.9 Å². The molecule has 2 heterocycles. The van der Waals surface area contributed by atoms with Crippen LogP contribution in [0.1, 0.15) is 17.7 Å². The maximum Gasteiger partial charge on any atom is 0.416 e. The number of hydrogen-bond acceptors (Lipinski definition) is 3. The van der Waals surface area contributed by atoms with Crippen LogP contribution >= 0.6 is 0 Å². The van der Waals surface area contributed by atoms with Crippen LogP contribution in [0, 0.1) is 11.7 Å². The van der Waals surface area contributed by atoms with Gasteiger partial charge in [0.1, 0.15) is 11.7 Å². The molecule has 0 radical (unpaired) electrons. The number of aromatic nitrogens is 1. The molecular weight excluding hydrogens is 392 g/mol. The number of Topliss-reactive ketones (excluding diaryl/α,β-unsaturated/α-hetero) is 1. The molecule has 9 heteroatoms. The van der Waals surface area contributed by atoms with Gasteiger partial charge in [-0.15, -0.1) is 6.58 Å². The van der Waals surface area contributed by atoms with Crippen molar-refractivity contribution < 1.29 is 31.9 Å². The number of allylic oxidation sites excluding steroid dienone is 1. The van der Waals surface area contributed by atoms with E-state index in [4.69, 9.17) is 0 Å². The number of benzene rings is 1. The molecule has 0 spiro atoms. The van der Waals surface area contributed by atoms with Gasteiger partial charge in [-0.3, -0.25) is 19.7 Å². The fourth-order valence-electron chi connectivity index (χ4n) is 2.92. The average Bonchev–Trinajstić information content (AvgIpc) is 3.09. The van der Waals surface area contributed by atoms with Crippen molar-refractivity contribution in [2.45, 2.75) is 12.6 Å². The highest BCUT2D eigenvalue weighted by atomic mass is 19.4. The lowest BCUT2D eigenvalue weighted by Crippen LogP contribution is -2.47. The summed E-state index contributed by atoms with van der Waals surface area (Å²) in [7, 11) is 0. The summed E-state index contributed by atoms with van der Waals surface area (Å²) in [6, 6.07) is 4.95. The summed E-state index contributed by atoms with van der Waals surface area (Å²) in [5.41, 5.74) is -1.09. The number of carbonyl (C=O) groups excluding carboxylic acids is 3. The molecule has 2 aromatic rings. The molecule has 1 aliphatic heterocycles. The van der Waals surface area contributed by atoms with Crippen molar-refractivity contribution in [3.8, 4) is 11.3 Å². The molecule has 2 N–H and O–H groups in total. The van der Waals surface area contributed by atoms with E-state index in [1.165, 1.54) is 24.3 Å². The maximum absolute atomic E-state index is 14.1. The number of alkyl halides is 3. The largest absolute Gasteiger partial charge is 0.416 e. The molecule has 2 amide bonds. The van der Waals surface area contributed by atoms with Crippen LogP contribution in [-0.4, -0.2) is 22.6 Å². The van der Waals surface area contributed by atoms with Gasteiger partial charge in [-0.2, -0.15) is 13.2 Å². The van der Waals surface area contributed by atoms with Crippen LogP contribution in [0.2, 0.25) is 0 Å². The molecule has 150 valence electrons. The second-order valence-electron chi connectivity index (χ2n) is 6.34. The quantitative estimate of drug-likeness (QED) is 0.203. The Morgan fingerprint density at radius 1 is 1.10 bits per heavy atom. The summed E-state index contributed by atoms with van der Waals surface area (Å²) in [4.78, 5) is 38.9. The number of carbonyl (C=O) groups is 3. The summed E-state index contributed by atoms with van der Waals surface area (Å²) in [6.07, 6.45) is -2.03. The third-order valence-corrected chi connectivity index (χ3v) is 4.38. The maximum atomic E-state index is 14.1. The Morgan fingerprint density at radius 2 is 1.83 bits per heavy atom. The topological polar surface area (TPSA) is 79.0 Å². The second kappa shape index (κ2) is 7.50. The van der Waals surface area contributed by atoms with Gasteiger partial charge in [0, 0.05) is 17.0 Å². The second-order valence-corrected chi connectivity index (χ2v) is 6.34. The Bertz CT molecular complexity index is 1050. The zero-order valence-corrected chi connectivity index (χ0v) is 14.8. The van der Waals surface area contributed by atoms with E-state index >= 15 is 0 Å². The number of aromatic amines is 1. The number of H-pyrrole nitrogens is 1. The Hall–Kier alpha value is -3.49. The summed E-state index contributed by atoms with van der Waals surface area (Å²) in [5, 5.41) is 2.09. The van der Waals surface area contributed by atoms with Gasteiger partial charge in [-0.05, 0) is 42.8 Å². The number of halogens is 4. The third-order valence-electron chi connectivity index (χ3n) is 4.38. The standard InChI is InChI=1S/C20H14F4N2O3/c1-2-3-13-17(27)14(19(29)26-18(13)28)9-11-5-7-16(25-11)12-6-4-10(8-15(12)21)20(22,23)24/h2,4-9,13,25H,1,3H2,(H,26,28,29). The predicted molar refractivity (Wildman–Crippen MR) is 95.6 cm³/mol. The molecule has 29 heavy (non-hydrogen) atoms. The van der Waals surface area contributed by atoms with Gasteiger partial charge in [0.15, 0.2) is 5.78 Å². The Morgan fingerprint density at radius 3 is 2.45 bits per heavy atom. The zero-order chi connectivity index (χ0) is 21.3. The molecule has 3 rings (SSSR count). The predicted octanol–water partition coefficient (Wildman–Crippen LogP) is 3.64. The Labute approximate surface area is 162 Å². The summed E-state index contributed by atoms with van der Waals surface area (Å²) in [6.45, 7) is 3.47. The van der Waals surface area contributed by atoms with Crippen LogP contribution in [-0.2, 0) is 20.6 Å². The number of amides is 2. The van der Waals surface area contributed by atoms with Crippen LogP contribution in [0.4, 0.5) is 17.6 Å². The number of nitrogens with one attached hydrogen (secondary N) is 2.